The van der Waals surface area contributed by atoms with Crippen LogP contribution in [0.15, 0.2) is 42.5 Å². The van der Waals surface area contributed by atoms with Gasteiger partial charge in [0.15, 0.2) is 0 Å². The van der Waals surface area contributed by atoms with E-state index in [4.69, 9.17) is 4.74 Å². The Labute approximate surface area is 126 Å². The number of carbonyl (C=O) groups excluding carboxylic acids is 1. The average molecular weight is 288 g/mol. The van der Waals surface area contributed by atoms with Gasteiger partial charge in [0.05, 0.1) is 0 Å². The summed E-state index contributed by atoms with van der Waals surface area (Å²) in [7, 11) is 0. The summed E-state index contributed by atoms with van der Waals surface area (Å²) in [5.74, 6) is 0. The highest BCUT2D eigenvalue weighted by Gasteiger charge is 2.24. The molecular formula is C17H24N2O2. The molecule has 0 radical (unpaired) electrons. The Balaban J connectivity index is 1.85. The second-order valence-corrected chi connectivity index (χ2v) is 6.29. The van der Waals surface area contributed by atoms with Crippen LogP contribution in [0.4, 0.5) is 4.79 Å². The number of benzene rings is 1. The van der Waals surface area contributed by atoms with E-state index in [9.17, 15) is 4.79 Å². The summed E-state index contributed by atoms with van der Waals surface area (Å²) in [5.41, 5.74) is 0.783. The lowest BCUT2D eigenvalue weighted by molar-refractivity contribution is 0.0254. The molecule has 0 aliphatic carbocycles. The number of hydrogen-bond acceptors (Lipinski definition) is 3. The molecular weight excluding hydrogens is 264 g/mol. The van der Waals surface area contributed by atoms with Crippen molar-refractivity contribution < 1.29 is 9.53 Å². The van der Waals surface area contributed by atoms with Gasteiger partial charge in [0.25, 0.3) is 0 Å². The molecule has 4 heteroatoms. The third kappa shape index (κ3) is 5.23. The molecule has 1 aliphatic heterocycles. The average Bonchev–Trinajstić information content (AvgIpc) is 2.45. The molecule has 1 aromatic rings. The van der Waals surface area contributed by atoms with Gasteiger partial charge in [-0.2, -0.15) is 0 Å². The molecule has 1 aliphatic rings. The molecule has 0 unspecified atom stereocenters. The molecule has 0 fully saturated rings. The Morgan fingerprint density at radius 3 is 2.71 bits per heavy atom. The Hall–Kier alpha value is -1.81. The summed E-state index contributed by atoms with van der Waals surface area (Å²) in [4.78, 5) is 13.8. The highest BCUT2D eigenvalue weighted by Crippen LogP contribution is 2.12. The summed E-state index contributed by atoms with van der Waals surface area (Å²) in [5, 5.41) is 3.45. The van der Waals surface area contributed by atoms with E-state index < -0.39 is 5.60 Å². The Bertz CT molecular complexity index is 491. The van der Waals surface area contributed by atoms with Crippen molar-refractivity contribution in [3.8, 4) is 0 Å². The summed E-state index contributed by atoms with van der Waals surface area (Å²) in [6.45, 7) is 7.69. The third-order valence-corrected chi connectivity index (χ3v) is 3.17. The molecule has 0 spiro atoms. The lowest BCUT2D eigenvalue weighted by Crippen LogP contribution is -2.47. The molecule has 1 heterocycles. The minimum absolute atomic E-state index is 0.159. The van der Waals surface area contributed by atoms with Crippen LogP contribution in [-0.2, 0) is 11.3 Å². The van der Waals surface area contributed by atoms with Gasteiger partial charge in [-0.05, 0) is 26.3 Å². The van der Waals surface area contributed by atoms with E-state index in [1.165, 1.54) is 5.56 Å². The second kappa shape index (κ2) is 6.76. The number of rotatable bonds is 3. The van der Waals surface area contributed by atoms with Gasteiger partial charge in [-0.1, -0.05) is 42.5 Å². The molecule has 1 aromatic carbocycles. The lowest BCUT2D eigenvalue weighted by Gasteiger charge is -2.31. The zero-order valence-electron chi connectivity index (χ0n) is 13.0. The molecule has 2 rings (SSSR count). The van der Waals surface area contributed by atoms with Crippen LogP contribution in [0.25, 0.3) is 0 Å². The number of nitrogens with zero attached hydrogens (tertiary/aromatic N) is 1. The fourth-order valence-electron chi connectivity index (χ4n) is 2.18. The largest absolute Gasteiger partial charge is 0.444 e. The molecule has 1 amide bonds. The Kier molecular flexibility index (Phi) is 5.02. The SMILES string of the molecule is CC(C)(C)OC(=O)N1CC=C[C@@H](NCc2ccccc2)C1. The van der Waals surface area contributed by atoms with Crippen molar-refractivity contribution in [3.63, 3.8) is 0 Å². The van der Waals surface area contributed by atoms with Gasteiger partial charge in [0.1, 0.15) is 5.60 Å². The van der Waals surface area contributed by atoms with Crippen LogP contribution in [0.3, 0.4) is 0 Å². The first-order valence-corrected chi connectivity index (χ1v) is 7.36. The fraction of sp³-hybridized carbons (Fsp3) is 0.471. The summed E-state index contributed by atoms with van der Waals surface area (Å²) in [6.07, 6.45) is 3.87. The maximum absolute atomic E-state index is 12.1. The van der Waals surface area contributed by atoms with E-state index in [1.54, 1.807) is 4.90 Å². The van der Waals surface area contributed by atoms with E-state index in [1.807, 2.05) is 45.0 Å². The summed E-state index contributed by atoms with van der Waals surface area (Å²) >= 11 is 0. The van der Waals surface area contributed by atoms with Crippen LogP contribution >= 0.6 is 0 Å². The van der Waals surface area contributed by atoms with Crippen LogP contribution in [0, 0.1) is 0 Å². The topological polar surface area (TPSA) is 41.6 Å². The van der Waals surface area contributed by atoms with Crippen molar-refractivity contribution >= 4 is 6.09 Å². The third-order valence-electron chi connectivity index (χ3n) is 3.17. The van der Waals surface area contributed by atoms with Gasteiger partial charge in [0, 0.05) is 25.7 Å². The van der Waals surface area contributed by atoms with Gasteiger partial charge >= 0.3 is 6.09 Å². The quantitative estimate of drug-likeness (QED) is 0.869. The van der Waals surface area contributed by atoms with E-state index >= 15 is 0 Å². The van der Waals surface area contributed by atoms with Crippen molar-refractivity contribution in [2.45, 2.75) is 39.0 Å². The molecule has 1 N–H and O–H groups in total. The first-order chi connectivity index (χ1) is 9.94. The normalized spacial score (nSPS) is 18.6. The van der Waals surface area contributed by atoms with E-state index in [-0.39, 0.29) is 12.1 Å². The minimum atomic E-state index is -0.453. The van der Waals surface area contributed by atoms with E-state index in [0.29, 0.717) is 13.1 Å². The van der Waals surface area contributed by atoms with E-state index in [0.717, 1.165) is 6.54 Å². The first-order valence-electron chi connectivity index (χ1n) is 7.36. The molecule has 21 heavy (non-hydrogen) atoms. The number of ether oxygens (including phenoxy) is 1. The molecule has 4 nitrogen and oxygen atoms in total. The van der Waals surface area contributed by atoms with Gasteiger partial charge in [-0.25, -0.2) is 4.79 Å². The Morgan fingerprint density at radius 1 is 1.33 bits per heavy atom. The monoisotopic (exact) mass is 288 g/mol. The number of hydrogen-bond donors (Lipinski definition) is 1. The standard InChI is InChI=1S/C17H24N2O2/c1-17(2,3)21-16(20)19-11-7-10-15(13-19)18-12-14-8-5-4-6-9-14/h4-10,15,18H,11-13H2,1-3H3/t15-/m1/s1. The second-order valence-electron chi connectivity index (χ2n) is 6.29. The van der Waals surface area contributed by atoms with Crippen LogP contribution < -0.4 is 5.32 Å². The molecule has 0 saturated carbocycles. The van der Waals surface area contributed by atoms with Gasteiger partial charge < -0.3 is 15.0 Å². The number of carbonyl (C=O) groups is 1. The highest BCUT2D eigenvalue weighted by atomic mass is 16.6. The number of nitrogens with one attached hydrogen (secondary N) is 1. The van der Waals surface area contributed by atoms with Crippen molar-refractivity contribution in [3.05, 3.63) is 48.0 Å². The fourth-order valence-corrected chi connectivity index (χ4v) is 2.18. The summed E-state index contributed by atoms with van der Waals surface area (Å²) in [6, 6.07) is 10.4. The first kappa shape index (κ1) is 15.6. The van der Waals surface area contributed by atoms with Gasteiger partial charge in [-0.15, -0.1) is 0 Å². The maximum Gasteiger partial charge on any atom is 0.410 e. The summed E-state index contributed by atoms with van der Waals surface area (Å²) < 4.78 is 5.41. The smallest absolute Gasteiger partial charge is 0.410 e. The van der Waals surface area contributed by atoms with Crippen LogP contribution in [0.5, 0.6) is 0 Å². The zero-order chi connectivity index (χ0) is 15.3. The van der Waals surface area contributed by atoms with Gasteiger partial charge in [-0.3, -0.25) is 0 Å². The minimum Gasteiger partial charge on any atom is -0.444 e. The molecule has 1 atom stereocenters. The van der Waals surface area contributed by atoms with Crippen LogP contribution in [0.2, 0.25) is 0 Å². The zero-order valence-corrected chi connectivity index (χ0v) is 13.0. The van der Waals surface area contributed by atoms with Crippen LogP contribution in [-0.4, -0.2) is 35.7 Å². The van der Waals surface area contributed by atoms with Crippen molar-refractivity contribution in [1.82, 2.24) is 10.2 Å². The van der Waals surface area contributed by atoms with Gasteiger partial charge in [0.2, 0.25) is 0 Å². The predicted octanol–water partition coefficient (Wildman–Crippen LogP) is 2.95. The molecule has 0 bridgehead atoms. The van der Waals surface area contributed by atoms with Crippen molar-refractivity contribution in [2.24, 2.45) is 0 Å². The Morgan fingerprint density at radius 2 is 2.05 bits per heavy atom. The maximum atomic E-state index is 12.1. The van der Waals surface area contributed by atoms with E-state index in [2.05, 4.69) is 23.5 Å². The predicted molar refractivity (Wildman–Crippen MR) is 84.0 cm³/mol. The van der Waals surface area contributed by atoms with Crippen molar-refractivity contribution in [2.75, 3.05) is 13.1 Å². The number of amides is 1. The van der Waals surface area contributed by atoms with Crippen molar-refractivity contribution in [1.29, 1.82) is 0 Å². The molecule has 0 saturated heterocycles. The lowest BCUT2D eigenvalue weighted by atomic mass is 10.1. The molecule has 114 valence electrons. The molecule has 0 aromatic heterocycles. The highest BCUT2D eigenvalue weighted by molar-refractivity contribution is 5.68. The van der Waals surface area contributed by atoms with Crippen LogP contribution in [0.1, 0.15) is 26.3 Å².